The van der Waals surface area contributed by atoms with Gasteiger partial charge in [-0.1, -0.05) is 29.8 Å². The second-order valence-corrected chi connectivity index (χ2v) is 5.95. The molecule has 7 heteroatoms. The molecule has 0 heterocycles. The number of nitrogens with one attached hydrogen (secondary N) is 2. The van der Waals surface area contributed by atoms with E-state index in [4.69, 9.17) is 16.3 Å². The molecule has 2 aromatic rings. The molecular formula is C18H20ClFN2O3. The number of aliphatic hydroxyl groups excluding tert-OH is 1. The fourth-order valence-corrected chi connectivity index (χ4v) is 2.43. The standard InChI is InChI=1S/C18H20ClFN2O3/c1-11(13-5-8-16(20)15(19)9-13)22-18(24)21-10-17(23)12-3-6-14(25-2)7-4-12/h3-9,11,17,23H,10H2,1-2H3,(H2,21,22,24)/t11-,17+/m0/s1. The maximum Gasteiger partial charge on any atom is 0.315 e. The molecule has 2 rings (SSSR count). The number of aliphatic hydroxyl groups is 1. The van der Waals surface area contributed by atoms with Crippen LogP contribution in [0.1, 0.15) is 30.2 Å². The Morgan fingerprint density at radius 2 is 1.88 bits per heavy atom. The summed E-state index contributed by atoms with van der Waals surface area (Å²) in [5, 5.41) is 15.4. The lowest BCUT2D eigenvalue weighted by molar-refractivity contribution is 0.172. The van der Waals surface area contributed by atoms with Crippen LogP contribution in [-0.2, 0) is 0 Å². The summed E-state index contributed by atoms with van der Waals surface area (Å²) in [5.41, 5.74) is 1.34. The number of carbonyl (C=O) groups excluding carboxylic acids is 1. The molecule has 0 bridgehead atoms. The summed E-state index contributed by atoms with van der Waals surface area (Å²) in [6.45, 7) is 1.80. The first kappa shape index (κ1) is 19.0. The number of urea groups is 1. The molecular weight excluding hydrogens is 347 g/mol. The normalized spacial score (nSPS) is 13.0. The van der Waals surface area contributed by atoms with E-state index in [9.17, 15) is 14.3 Å². The molecule has 2 aromatic carbocycles. The molecule has 134 valence electrons. The smallest absolute Gasteiger partial charge is 0.315 e. The summed E-state index contributed by atoms with van der Waals surface area (Å²) >= 11 is 5.74. The fourth-order valence-electron chi connectivity index (χ4n) is 2.25. The van der Waals surface area contributed by atoms with Crippen LogP contribution in [0, 0.1) is 5.82 Å². The molecule has 5 nitrogen and oxygen atoms in total. The Labute approximate surface area is 150 Å². The average molecular weight is 367 g/mol. The Morgan fingerprint density at radius 1 is 1.24 bits per heavy atom. The van der Waals surface area contributed by atoms with E-state index in [2.05, 4.69) is 10.6 Å². The van der Waals surface area contributed by atoms with Crippen molar-refractivity contribution >= 4 is 17.6 Å². The molecule has 0 fully saturated rings. The molecule has 0 aromatic heterocycles. The summed E-state index contributed by atoms with van der Waals surface area (Å²) in [6, 6.07) is 10.4. The zero-order valence-corrected chi connectivity index (χ0v) is 14.7. The number of ether oxygens (including phenoxy) is 1. The largest absolute Gasteiger partial charge is 0.497 e. The summed E-state index contributed by atoms with van der Waals surface area (Å²) in [5.74, 6) is 0.179. The number of halogens is 2. The molecule has 0 saturated carbocycles. The minimum atomic E-state index is -0.841. The number of rotatable bonds is 6. The molecule has 0 aliphatic heterocycles. The fraction of sp³-hybridized carbons (Fsp3) is 0.278. The predicted molar refractivity (Wildman–Crippen MR) is 94.3 cm³/mol. The zero-order valence-electron chi connectivity index (χ0n) is 13.9. The third-order valence-corrected chi connectivity index (χ3v) is 4.04. The van der Waals surface area contributed by atoms with Gasteiger partial charge in [-0.2, -0.15) is 0 Å². The van der Waals surface area contributed by atoms with E-state index in [1.807, 2.05) is 0 Å². The summed E-state index contributed by atoms with van der Waals surface area (Å²) in [7, 11) is 1.56. The molecule has 0 spiro atoms. The second-order valence-electron chi connectivity index (χ2n) is 5.54. The lowest BCUT2D eigenvalue weighted by atomic mass is 10.1. The van der Waals surface area contributed by atoms with E-state index in [0.717, 1.165) is 0 Å². The Kier molecular flexibility index (Phi) is 6.61. The maximum absolute atomic E-state index is 13.2. The molecule has 0 radical (unpaired) electrons. The summed E-state index contributed by atoms with van der Waals surface area (Å²) < 4.78 is 18.2. The van der Waals surface area contributed by atoms with Crippen molar-refractivity contribution in [2.75, 3.05) is 13.7 Å². The topological polar surface area (TPSA) is 70.6 Å². The van der Waals surface area contributed by atoms with Gasteiger partial charge in [0, 0.05) is 6.54 Å². The minimum Gasteiger partial charge on any atom is -0.497 e. The third-order valence-electron chi connectivity index (χ3n) is 3.75. The number of methoxy groups -OCH3 is 1. The number of amides is 2. The monoisotopic (exact) mass is 366 g/mol. The summed E-state index contributed by atoms with van der Waals surface area (Å²) in [6.07, 6.45) is -0.841. The van der Waals surface area contributed by atoms with Gasteiger partial charge in [0.15, 0.2) is 0 Å². The van der Waals surface area contributed by atoms with Gasteiger partial charge in [-0.25, -0.2) is 9.18 Å². The van der Waals surface area contributed by atoms with Gasteiger partial charge in [0.1, 0.15) is 11.6 Å². The van der Waals surface area contributed by atoms with Crippen molar-refractivity contribution in [3.05, 3.63) is 64.4 Å². The first-order chi connectivity index (χ1) is 11.9. The van der Waals surface area contributed by atoms with Crippen LogP contribution in [0.25, 0.3) is 0 Å². The molecule has 3 N–H and O–H groups in total. The molecule has 2 atom stereocenters. The van der Waals surface area contributed by atoms with Crippen LogP contribution in [-0.4, -0.2) is 24.8 Å². The lowest BCUT2D eigenvalue weighted by Gasteiger charge is -2.17. The van der Waals surface area contributed by atoms with Crippen LogP contribution < -0.4 is 15.4 Å². The molecule has 25 heavy (non-hydrogen) atoms. The average Bonchev–Trinajstić information content (AvgIpc) is 2.62. The quantitative estimate of drug-likeness (QED) is 0.731. The first-order valence-corrected chi connectivity index (χ1v) is 8.10. The van der Waals surface area contributed by atoms with Crippen molar-refractivity contribution in [3.63, 3.8) is 0 Å². The van der Waals surface area contributed by atoms with Crippen molar-refractivity contribution < 1.29 is 19.0 Å². The van der Waals surface area contributed by atoms with E-state index in [1.54, 1.807) is 44.4 Å². The van der Waals surface area contributed by atoms with Crippen molar-refractivity contribution in [3.8, 4) is 5.75 Å². The molecule has 0 aliphatic carbocycles. The predicted octanol–water partition coefficient (Wildman–Crippen LogP) is 3.58. The van der Waals surface area contributed by atoms with Crippen molar-refractivity contribution in [2.24, 2.45) is 0 Å². The van der Waals surface area contributed by atoms with Crippen LogP contribution in [0.3, 0.4) is 0 Å². The first-order valence-electron chi connectivity index (χ1n) is 7.72. The molecule has 0 saturated heterocycles. The maximum atomic E-state index is 13.2. The van der Waals surface area contributed by atoms with Gasteiger partial charge >= 0.3 is 6.03 Å². The van der Waals surface area contributed by atoms with Gasteiger partial charge in [-0.3, -0.25) is 0 Å². The van der Waals surface area contributed by atoms with E-state index >= 15 is 0 Å². The number of hydrogen-bond acceptors (Lipinski definition) is 3. The van der Waals surface area contributed by atoms with Crippen LogP contribution in [0.5, 0.6) is 5.75 Å². The molecule has 2 amide bonds. The Hall–Kier alpha value is -2.31. The van der Waals surface area contributed by atoms with Gasteiger partial charge in [-0.05, 0) is 42.3 Å². The van der Waals surface area contributed by atoms with Crippen LogP contribution in [0.2, 0.25) is 5.02 Å². The lowest BCUT2D eigenvalue weighted by Crippen LogP contribution is -2.39. The third kappa shape index (κ3) is 5.34. The van der Waals surface area contributed by atoms with E-state index in [0.29, 0.717) is 16.9 Å². The van der Waals surface area contributed by atoms with Crippen LogP contribution in [0.4, 0.5) is 9.18 Å². The number of benzene rings is 2. The van der Waals surface area contributed by atoms with Crippen molar-refractivity contribution in [2.45, 2.75) is 19.1 Å². The molecule has 0 aliphatic rings. The Bertz CT molecular complexity index is 725. The Morgan fingerprint density at radius 3 is 2.48 bits per heavy atom. The SMILES string of the molecule is COc1ccc([C@H](O)CNC(=O)N[C@@H](C)c2ccc(F)c(Cl)c2)cc1. The van der Waals surface area contributed by atoms with E-state index in [1.165, 1.54) is 12.1 Å². The van der Waals surface area contributed by atoms with E-state index in [-0.39, 0.29) is 17.6 Å². The van der Waals surface area contributed by atoms with Crippen LogP contribution in [0.15, 0.2) is 42.5 Å². The van der Waals surface area contributed by atoms with Gasteiger partial charge < -0.3 is 20.5 Å². The highest BCUT2D eigenvalue weighted by molar-refractivity contribution is 6.30. The second kappa shape index (κ2) is 8.69. The van der Waals surface area contributed by atoms with Crippen molar-refractivity contribution in [1.82, 2.24) is 10.6 Å². The highest BCUT2D eigenvalue weighted by Gasteiger charge is 2.13. The van der Waals surface area contributed by atoms with Gasteiger partial charge in [0.25, 0.3) is 0 Å². The highest BCUT2D eigenvalue weighted by Crippen LogP contribution is 2.21. The van der Waals surface area contributed by atoms with E-state index < -0.39 is 18.0 Å². The zero-order chi connectivity index (χ0) is 18.4. The number of hydrogen-bond donors (Lipinski definition) is 3. The summed E-state index contributed by atoms with van der Waals surface area (Å²) in [4.78, 5) is 12.0. The molecule has 0 unspecified atom stereocenters. The minimum absolute atomic E-state index is 0.00138. The number of carbonyl (C=O) groups is 1. The van der Waals surface area contributed by atoms with Crippen LogP contribution >= 0.6 is 11.6 Å². The van der Waals surface area contributed by atoms with Gasteiger partial charge in [-0.15, -0.1) is 0 Å². The van der Waals surface area contributed by atoms with Crippen molar-refractivity contribution in [1.29, 1.82) is 0 Å². The van der Waals surface area contributed by atoms with Gasteiger partial charge in [0.05, 0.1) is 24.3 Å². The highest BCUT2D eigenvalue weighted by atomic mass is 35.5. The van der Waals surface area contributed by atoms with Gasteiger partial charge in [0.2, 0.25) is 0 Å². The Balaban J connectivity index is 1.85.